The quantitative estimate of drug-likeness (QED) is 0.589. The highest BCUT2D eigenvalue weighted by Crippen LogP contribution is 2.42. The first-order chi connectivity index (χ1) is 12.4. The van der Waals surface area contributed by atoms with Crippen LogP contribution in [0.5, 0.6) is 0 Å². The fraction of sp³-hybridized carbons (Fsp3) is 0.333. The largest absolute Gasteiger partial charge is 0.328 e. The molecule has 2 aromatic carbocycles. The van der Waals surface area contributed by atoms with Gasteiger partial charge >= 0.3 is 0 Å². The number of hydrogen-bond donors (Lipinski definition) is 0. The number of ketones is 1. The van der Waals surface area contributed by atoms with E-state index in [4.69, 9.17) is 11.6 Å². The average Bonchev–Trinajstić information content (AvgIpc) is 2.59. The first kappa shape index (κ1) is 19.1. The van der Waals surface area contributed by atoms with Gasteiger partial charge in [-0.15, -0.1) is 0 Å². The smallest absolute Gasteiger partial charge is 0.254 e. The number of Topliss-reactive ketones (excluding diaryl/α,β-unsaturated/α-hetero) is 1. The molecule has 0 radical (unpaired) electrons. The summed E-state index contributed by atoms with van der Waals surface area (Å²) in [6, 6.07) is 15.2. The molecule has 5 heteroatoms. The second-order valence-corrected chi connectivity index (χ2v) is 8.22. The summed E-state index contributed by atoms with van der Waals surface area (Å²) in [5.74, 6) is 0.0357. The van der Waals surface area contributed by atoms with Crippen LogP contribution in [-0.4, -0.2) is 22.1 Å². The molecule has 3 nitrogen and oxygen atoms in total. The molecule has 0 atom stereocenters. The molecule has 3 rings (SSSR count). The molecule has 26 heavy (non-hydrogen) atoms. The summed E-state index contributed by atoms with van der Waals surface area (Å²) in [6.07, 6.45) is 3.15. The Morgan fingerprint density at radius 1 is 1.15 bits per heavy atom. The minimum Gasteiger partial charge on any atom is -0.328 e. The standard InChI is InChI=1S/C21H21BrClNO2/c1-15(25)13-21(10-5-11-21)24(14-16-6-3-2-4-7-16)20(26)17-8-9-18(22)19(23)12-17/h2-4,6-9,12H,5,10-11,13-14H2,1H3. The zero-order chi connectivity index (χ0) is 18.7. The summed E-state index contributed by atoms with van der Waals surface area (Å²) < 4.78 is 0.757. The van der Waals surface area contributed by atoms with Gasteiger partial charge in [-0.2, -0.15) is 0 Å². The maximum atomic E-state index is 13.4. The van der Waals surface area contributed by atoms with Crippen molar-refractivity contribution in [1.82, 2.24) is 4.90 Å². The molecule has 1 fully saturated rings. The van der Waals surface area contributed by atoms with Gasteiger partial charge in [-0.1, -0.05) is 41.9 Å². The summed E-state index contributed by atoms with van der Waals surface area (Å²) >= 11 is 9.56. The molecule has 0 unspecified atom stereocenters. The SMILES string of the molecule is CC(=O)CC1(N(Cc2ccccc2)C(=O)c2ccc(Br)c(Cl)c2)CCC1. The molecule has 136 valence electrons. The van der Waals surface area contributed by atoms with Crippen molar-refractivity contribution in [1.29, 1.82) is 0 Å². The van der Waals surface area contributed by atoms with Crippen molar-refractivity contribution in [2.24, 2.45) is 0 Å². The van der Waals surface area contributed by atoms with Gasteiger partial charge < -0.3 is 4.90 Å². The second-order valence-electron chi connectivity index (χ2n) is 6.96. The molecule has 0 aromatic heterocycles. The molecule has 2 aromatic rings. The fourth-order valence-electron chi connectivity index (χ4n) is 3.60. The molecule has 1 aliphatic carbocycles. The highest BCUT2D eigenvalue weighted by Gasteiger charge is 2.45. The molecule has 1 amide bonds. The average molecular weight is 435 g/mol. The highest BCUT2D eigenvalue weighted by atomic mass is 79.9. The van der Waals surface area contributed by atoms with E-state index in [0.717, 1.165) is 29.3 Å². The molecule has 0 bridgehead atoms. The summed E-state index contributed by atoms with van der Waals surface area (Å²) in [5, 5.41) is 0.504. The van der Waals surface area contributed by atoms with Gasteiger partial charge in [0.25, 0.3) is 5.91 Å². The van der Waals surface area contributed by atoms with Crippen LogP contribution in [0, 0.1) is 0 Å². The molecule has 1 aliphatic rings. The molecule has 0 aliphatic heterocycles. The highest BCUT2D eigenvalue weighted by molar-refractivity contribution is 9.10. The van der Waals surface area contributed by atoms with Crippen molar-refractivity contribution in [3.63, 3.8) is 0 Å². The topological polar surface area (TPSA) is 37.4 Å². The Balaban J connectivity index is 1.97. The van der Waals surface area contributed by atoms with Crippen molar-refractivity contribution in [3.8, 4) is 0 Å². The number of benzene rings is 2. The van der Waals surface area contributed by atoms with Gasteiger partial charge in [0.2, 0.25) is 0 Å². The lowest BCUT2D eigenvalue weighted by molar-refractivity contribution is -0.121. The number of carbonyl (C=O) groups excluding carboxylic acids is 2. The van der Waals surface area contributed by atoms with Gasteiger partial charge in [-0.25, -0.2) is 0 Å². The van der Waals surface area contributed by atoms with Crippen LogP contribution >= 0.6 is 27.5 Å². The minimum atomic E-state index is -0.391. The monoisotopic (exact) mass is 433 g/mol. The van der Waals surface area contributed by atoms with E-state index in [2.05, 4.69) is 15.9 Å². The zero-order valence-electron chi connectivity index (χ0n) is 14.7. The summed E-state index contributed by atoms with van der Waals surface area (Å²) in [6.45, 7) is 2.09. The van der Waals surface area contributed by atoms with Gasteiger partial charge in [0, 0.05) is 23.0 Å². The third-order valence-corrected chi connectivity index (χ3v) is 6.26. The Morgan fingerprint density at radius 2 is 1.85 bits per heavy atom. The maximum absolute atomic E-state index is 13.4. The number of nitrogens with zero attached hydrogens (tertiary/aromatic N) is 1. The fourth-order valence-corrected chi connectivity index (χ4v) is 4.02. The molecule has 1 saturated carbocycles. The predicted octanol–water partition coefficient (Wildman–Crippen LogP) is 5.65. The summed E-state index contributed by atoms with van der Waals surface area (Å²) in [4.78, 5) is 27.2. The molecule has 0 N–H and O–H groups in total. The van der Waals surface area contributed by atoms with Crippen LogP contribution in [-0.2, 0) is 11.3 Å². The molecular weight excluding hydrogens is 414 g/mol. The van der Waals surface area contributed by atoms with Crippen LogP contribution in [0.1, 0.15) is 48.5 Å². The molecular formula is C21H21BrClNO2. The van der Waals surface area contributed by atoms with Crippen LogP contribution in [0.2, 0.25) is 5.02 Å². The van der Waals surface area contributed by atoms with Crippen LogP contribution in [0.4, 0.5) is 0 Å². The number of amides is 1. The summed E-state index contributed by atoms with van der Waals surface area (Å²) in [5.41, 5.74) is 1.21. The van der Waals surface area contributed by atoms with E-state index >= 15 is 0 Å². The van der Waals surface area contributed by atoms with Crippen molar-refractivity contribution in [3.05, 3.63) is 69.2 Å². The second kappa shape index (κ2) is 7.93. The van der Waals surface area contributed by atoms with E-state index in [1.165, 1.54) is 0 Å². The Hall–Kier alpha value is -1.65. The van der Waals surface area contributed by atoms with Gasteiger partial charge in [0.05, 0.1) is 10.6 Å². The lowest BCUT2D eigenvalue weighted by Crippen LogP contribution is -2.56. The minimum absolute atomic E-state index is 0.0794. The van der Waals surface area contributed by atoms with Crippen molar-refractivity contribution < 1.29 is 9.59 Å². The molecule has 0 spiro atoms. The van der Waals surface area contributed by atoms with E-state index < -0.39 is 5.54 Å². The van der Waals surface area contributed by atoms with E-state index in [9.17, 15) is 9.59 Å². The number of carbonyl (C=O) groups is 2. The lowest BCUT2D eigenvalue weighted by atomic mass is 9.71. The van der Waals surface area contributed by atoms with E-state index in [1.54, 1.807) is 25.1 Å². The van der Waals surface area contributed by atoms with Gasteiger partial charge in [-0.3, -0.25) is 9.59 Å². The first-order valence-corrected chi connectivity index (χ1v) is 9.89. The van der Waals surface area contributed by atoms with Crippen LogP contribution < -0.4 is 0 Å². The third kappa shape index (κ3) is 4.02. The number of hydrogen-bond acceptors (Lipinski definition) is 2. The van der Waals surface area contributed by atoms with Gasteiger partial charge in [-0.05, 0) is 65.9 Å². The van der Waals surface area contributed by atoms with E-state index in [1.807, 2.05) is 35.2 Å². The van der Waals surface area contributed by atoms with Crippen LogP contribution in [0.3, 0.4) is 0 Å². The Morgan fingerprint density at radius 3 is 2.38 bits per heavy atom. The maximum Gasteiger partial charge on any atom is 0.254 e. The first-order valence-electron chi connectivity index (χ1n) is 8.72. The van der Waals surface area contributed by atoms with Crippen molar-refractivity contribution >= 4 is 39.2 Å². The van der Waals surface area contributed by atoms with Crippen LogP contribution in [0.25, 0.3) is 0 Å². The van der Waals surface area contributed by atoms with Crippen molar-refractivity contribution in [2.45, 2.75) is 44.7 Å². The van der Waals surface area contributed by atoms with Crippen molar-refractivity contribution in [2.75, 3.05) is 0 Å². The Kier molecular flexibility index (Phi) is 5.83. The lowest BCUT2D eigenvalue weighted by Gasteiger charge is -2.50. The van der Waals surface area contributed by atoms with E-state index in [-0.39, 0.29) is 11.7 Å². The molecule has 0 heterocycles. The Bertz CT molecular complexity index is 818. The van der Waals surface area contributed by atoms with Crippen LogP contribution in [0.15, 0.2) is 53.0 Å². The normalized spacial score (nSPS) is 15.2. The van der Waals surface area contributed by atoms with E-state index in [0.29, 0.717) is 23.6 Å². The summed E-state index contributed by atoms with van der Waals surface area (Å²) in [7, 11) is 0. The number of halogens is 2. The number of rotatable bonds is 6. The Labute approximate surface area is 167 Å². The van der Waals surface area contributed by atoms with Gasteiger partial charge in [0.15, 0.2) is 0 Å². The molecule has 0 saturated heterocycles. The van der Waals surface area contributed by atoms with Gasteiger partial charge in [0.1, 0.15) is 5.78 Å². The zero-order valence-corrected chi connectivity index (χ0v) is 17.0. The predicted molar refractivity (Wildman–Crippen MR) is 107 cm³/mol. The third-order valence-electron chi connectivity index (χ3n) is 5.03.